The molecule has 0 unspecified atom stereocenters. The summed E-state index contributed by atoms with van der Waals surface area (Å²) in [6.07, 6.45) is 5.78. The summed E-state index contributed by atoms with van der Waals surface area (Å²) in [5.74, 6) is -0.0764. The first-order valence-corrected chi connectivity index (χ1v) is 10.2. The largest absolute Gasteiger partial charge is 0.464 e. The van der Waals surface area contributed by atoms with Gasteiger partial charge in [0.1, 0.15) is 6.54 Å². The quantitative estimate of drug-likeness (QED) is 0.784. The molecule has 0 saturated heterocycles. The predicted molar refractivity (Wildman–Crippen MR) is 96.0 cm³/mol. The summed E-state index contributed by atoms with van der Waals surface area (Å²) in [5, 5.41) is 1.54. The van der Waals surface area contributed by atoms with Gasteiger partial charge in [-0.2, -0.15) is 0 Å². The number of sulfonamides is 1. The van der Waals surface area contributed by atoms with Crippen molar-refractivity contribution < 1.29 is 17.9 Å². The molecule has 0 spiro atoms. The van der Waals surface area contributed by atoms with E-state index in [-0.39, 0.29) is 11.4 Å². The Morgan fingerprint density at radius 2 is 1.80 bits per heavy atom. The molecule has 1 saturated carbocycles. The van der Waals surface area contributed by atoms with Gasteiger partial charge in [0.05, 0.1) is 17.2 Å². The minimum absolute atomic E-state index is 0.265. The van der Waals surface area contributed by atoms with Gasteiger partial charge in [-0.1, -0.05) is 43.5 Å². The molecule has 1 aliphatic heterocycles. The van der Waals surface area contributed by atoms with Crippen molar-refractivity contribution in [2.24, 2.45) is 5.92 Å². The molecule has 2 aromatic rings. The van der Waals surface area contributed by atoms with Gasteiger partial charge in [0, 0.05) is 5.39 Å². The van der Waals surface area contributed by atoms with E-state index in [9.17, 15) is 13.2 Å². The second-order valence-electron chi connectivity index (χ2n) is 6.83. The summed E-state index contributed by atoms with van der Waals surface area (Å²) < 4.78 is 32.2. The van der Waals surface area contributed by atoms with Crippen LogP contribution in [-0.2, 0) is 19.6 Å². The lowest BCUT2D eigenvalue weighted by molar-refractivity contribution is -0.143. The molecule has 4 rings (SSSR count). The maximum absolute atomic E-state index is 12.8. The van der Waals surface area contributed by atoms with E-state index in [1.54, 1.807) is 18.2 Å². The summed E-state index contributed by atoms with van der Waals surface area (Å²) in [4.78, 5) is 12.5. The highest BCUT2D eigenvalue weighted by Crippen LogP contribution is 2.41. The highest BCUT2D eigenvalue weighted by Gasteiger charge is 2.37. The molecule has 25 heavy (non-hydrogen) atoms. The predicted octanol–water partition coefficient (Wildman–Crippen LogP) is 3.47. The monoisotopic (exact) mass is 359 g/mol. The average molecular weight is 359 g/mol. The number of benzene rings is 2. The minimum Gasteiger partial charge on any atom is -0.464 e. The molecule has 5 nitrogen and oxygen atoms in total. The number of ether oxygens (including phenoxy) is 1. The van der Waals surface area contributed by atoms with Crippen molar-refractivity contribution in [2.75, 3.05) is 17.5 Å². The minimum atomic E-state index is -3.70. The molecular formula is C19H21NO4S. The van der Waals surface area contributed by atoms with Crippen LogP contribution in [0.2, 0.25) is 0 Å². The molecule has 1 aliphatic carbocycles. The van der Waals surface area contributed by atoms with E-state index in [0.717, 1.165) is 18.2 Å². The number of hydrogen-bond donors (Lipinski definition) is 0. The second kappa shape index (κ2) is 6.33. The molecule has 0 amide bonds. The van der Waals surface area contributed by atoms with E-state index < -0.39 is 16.0 Å². The van der Waals surface area contributed by atoms with Crippen molar-refractivity contribution in [1.82, 2.24) is 0 Å². The fourth-order valence-corrected chi connectivity index (χ4v) is 5.51. The summed E-state index contributed by atoms with van der Waals surface area (Å²) in [6.45, 7) is 0.118. The lowest BCUT2D eigenvalue weighted by Crippen LogP contribution is -2.34. The van der Waals surface area contributed by atoms with Crippen LogP contribution in [0.5, 0.6) is 0 Å². The number of carbonyl (C=O) groups is 1. The van der Waals surface area contributed by atoms with E-state index in [1.807, 2.05) is 18.2 Å². The van der Waals surface area contributed by atoms with E-state index in [0.29, 0.717) is 23.6 Å². The van der Waals surface area contributed by atoms with Crippen molar-refractivity contribution in [3.8, 4) is 0 Å². The number of hydrogen-bond acceptors (Lipinski definition) is 4. The summed E-state index contributed by atoms with van der Waals surface area (Å²) in [6, 6.07) is 10.6. The Labute approximate surface area is 147 Å². The fraction of sp³-hybridized carbons (Fsp3) is 0.421. The first-order chi connectivity index (χ1) is 12.1. The maximum Gasteiger partial charge on any atom is 0.326 e. The number of esters is 1. The fourth-order valence-electron chi connectivity index (χ4n) is 3.86. The molecule has 0 atom stereocenters. The van der Waals surface area contributed by atoms with Gasteiger partial charge in [0.15, 0.2) is 0 Å². The van der Waals surface area contributed by atoms with Crippen molar-refractivity contribution >= 4 is 32.5 Å². The normalized spacial score (nSPS) is 19.3. The third-order valence-corrected chi connectivity index (χ3v) is 6.96. The second-order valence-corrected chi connectivity index (χ2v) is 8.66. The first-order valence-electron chi connectivity index (χ1n) is 8.77. The molecule has 0 bridgehead atoms. The standard InChI is InChI=1S/C19H21NO4S/c21-18(24-13-14-6-2-1-3-7-14)12-20-16-10-4-8-15-9-5-11-17(19(15)16)25(20,22)23/h4-5,8-11,14H,1-3,6-7,12-13H2. The van der Waals surface area contributed by atoms with Crippen molar-refractivity contribution in [3.05, 3.63) is 36.4 Å². The molecule has 1 heterocycles. The Kier molecular flexibility index (Phi) is 4.15. The van der Waals surface area contributed by atoms with E-state index in [2.05, 4.69) is 0 Å². The molecule has 132 valence electrons. The third-order valence-electron chi connectivity index (χ3n) is 5.16. The summed E-state index contributed by atoms with van der Waals surface area (Å²) in [5.41, 5.74) is 0.558. The Morgan fingerprint density at radius 1 is 1.08 bits per heavy atom. The van der Waals surface area contributed by atoms with Crippen LogP contribution < -0.4 is 4.31 Å². The smallest absolute Gasteiger partial charge is 0.326 e. The molecule has 0 aromatic heterocycles. The van der Waals surface area contributed by atoms with Crippen molar-refractivity contribution in [3.63, 3.8) is 0 Å². The van der Waals surface area contributed by atoms with Crippen LogP contribution in [0.1, 0.15) is 32.1 Å². The van der Waals surface area contributed by atoms with E-state index in [1.165, 1.54) is 23.6 Å². The zero-order chi connectivity index (χ0) is 17.4. The van der Waals surface area contributed by atoms with Crippen LogP contribution in [0.15, 0.2) is 41.3 Å². The Balaban J connectivity index is 1.53. The molecule has 0 N–H and O–H groups in total. The van der Waals surface area contributed by atoms with Gasteiger partial charge < -0.3 is 4.74 Å². The maximum atomic E-state index is 12.8. The van der Waals surface area contributed by atoms with Crippen molar-refractivity contribution in [2.45, 2.75) is 37.0 Å². The third kappa shape index (κ3) is 2.88. The molecular weight excluding hydrogens is 338 g/mol. The van der Waals surface area contributed by atoms with Gasteiger partial charge in [-0.15, -0.1) is 0 Å². The summed E-state index contributed by atoms with van der Waals surface area (Å²) >= 11 is 0. The highest BCUT2D eigenvalue weighted by atomic mass is 32.2. The SMILES string of the molecule is O=C(CN1c2cccc3cccc(c23)S1(=O)=O)OCC1CCCCC1. The molecule has 0 radical (unpaired) electrons. The van der Waals surface area contributed by atoms with Crippen LogP contribution in [0.3, 0.4) is 0 Å². The zero-order valence-electron chi connectivity index (χ0n) is 14.0. The highest BCUT2D eigenvalue weighted by molar-refractivity contribution is 7.93. The van der Waals surface area contributed by atoms with Gasteiger partial charge in [0.2, 0.25) is 0 Å². The number of carbonyl (C=O) groups excluding carboxylic acids is 1. The van der Waals surface area contributed by atoms with Crippen LogP contribution >= 0.6 is 0 Å². The lowest BCUT2D eigenvalue weighted by atomic mass is 9.90. The van der Waals surface area contributed by atoms with Crippen LogP contribution in [0.25, 0.3) is 10.8 Å². The van der Waals surface area contributed by atoms with Crippen LogP contribution in [0, 0.1) is 5.92 Å². The number of anilines is 1. The number of nitrogens with zero attached hydrogens (tertiary/aromatic N) is 1. The van der Waals surface area contributed by atoms with Crippen molar-refractivity contribution in [1.29, 1.82) is 0 Å². The Bertz CT molecular complexity index is 911. The zero-order valence-corrected chi connectivity index (χ0v) is 14.8. The van der Waals surface area contributed by atoms with Crippen LogP contribution in [-0.4, -0.2) is 27.5 Å². The molecule has 1 fully saturated rings. The van der Waals surface area contributed by atoms with Gasteiger partial charge in [-0.25, -0.2) is 8.42 Å². The lowest BCUT2D eigenvalue weighted by Gasteiger charge is -2.22. The van der Waals surface area contributed by atoms with E-state index >= 15 is 0 Å². The number of rotatable bonds is 4. The molecule has 6 heteroatoms. The summed E-state index contributed by atoms with van der Waals surface area (Å²) in [7, 11) is -3.70. The average Bonchev–Trinajstić information content (AvgIpc) is 2.84. The van der Waals surface area contributed by atoms with Gasteiger partial charge in [-0.05, 0) is 36.3 Å². The van der Waals surface area contributed by atoms with Gasteiger partial charge in [-0.3, -0.25) is 9.10 Å². The van der Waals surface area contributed by atoms with Gasteiger partial charge >= 0.3 is 5.97 Å². The Hall–Kier alpha value is -2.08. The van der Waals surface area contributed by atoms with Crippen LogP contribution in [0.4, 0.5) is 5.69 Å². The first kappa shape index (κ1) is 16.4. The molecule has 2 aromatic carbocycles. The topological polar surface area (TPSA) is 63.7 Å². The molecule has 2 aliphatic rings. The van der Waals surface area contributed by atoms with E-state index in [4.69, 9.17) is 4.74 Å². The Morgan fingerprint density at radius 3 is 2.56 bits per heavy atom. The van der Waals surface area contributed by atoms with Gasteiger partial charge in [0.25, 0.3) is 10.0 Å².